The molecule has 5 heteroatoms. The summed E-state index contributed by atoms with van der Waals surface area (Å²) in [4.78, 5) is 22.5. The van der Waals surface area contributed by atoms with Crippen LogP contribution in [0.2, 0.25) is 0 Å². The second-order valence-corrected chi connectivity index (χ2v) is 5.86. The molecule has 20 heavy (non-hydrogen) atoms. The zero-order valence-electron chi connectivity index (χ0n) is 11.8. The SMILES string of the molecule is O=C(NCCC1CCCCC1)NC1C=CC(C(=O)O)C1. The van der Waals surface area contributed by atoms with Gasteiger partial charge in [0.15, 0.2) is 0 Å². The second kappa shape index (κ2) is 7.31. The second-order valence-electron chi connectivity index (χ2n) is 5.86. The lowest BCUT2D eigenvalue weighted by atomic mass is 9.87. The summed E-state index contributed by atoms with van der Waals surface area (Å²) in [7, 11) is 0. The van der Waals surface area contributed by atoms with Crippen LogP contribution in [0.5, 0.6) is 0 Å². The van der Waals surface area contributed by atoms with Crippen LogP contribution in [-0.2, 0) is 4.79 Å². The van der Waals surface area contributed by atoms with Crippen molar-refractivity contribution in [3.63, 3.8) is 0 Å². The van der Waals surface area contributed by atoms with E-state index >= 15 is 0 Å². The topological polar surface area (TPSA) is 78.4 Å². The Morgan fingerprint density at radius 1 is 1.15 bits per heavy atom. The van der Waals surface area contributed by atoms with Crippen LogP contribution in [0.1, 0.15) is 44.9 Å². The number of rotatable bonds is 5. The maximum absolute atomic E-state index is 11.7. The highest BCUT2D eigenvalue weighted by Gasteiger charge is 2.25. The highest BCUT2D eigenvalue weighted by Crippen LogP contribution is 2.25. The summed E-state index contributed by atoms with van der Waals surface area (Å²) < 4.78 is 0. The predicted molar refractivity (Wildman–Crippen MR) is 76.4 cm³/mol. The van der Waals surface area contributed by atoms with Crippen LogP contribution in [0.4, 0.5) is 4.79 Å². The monoisotopic (exact) mass is 280 g/mol. The summed E-state index contributed by atoms with van der Waals surface area (Å²) in [5.41, 5.74) is 0. The Labute approximate surface area is 119 Å². The van der Waals surface area contributed by atoms with Crippen LogP contribution in [0, 0.1) is 11.8 Å². The number of hydrogen-bond acceptors (Lipinski definition) is 2. The van der Waals surface area contributed by atoms with Gasteiger partial charge in [-0.3, -0.25) is 4.79 Å². The first-order chi connectivity index (χ1) is 9.65. The zero-order chi connectivity index (χ0) is 14.4. The lowest BCUT2D eigenvalue weighted by Gasteiger charge is -2.21. The molecule has 0 bridgehead atoms. The van der Waals surface area contributed by atoms with Gasteiger partial charge in [0.1, 0.15) is 0 Å². The van der Waals surface area contributed by atoms with Crippen LogP contribution in [0.25, 0.3) is 0 Å². The van der Waals surface area contributed by atoms with E-state index < -0.39 is 11.9 Å². The van der Waals surface area contributed by atoms with E-state index in [1.165, 1.54) is 32.1 Å². The number of nitrogens with one attached hydrogen (secondary N) is 2. The van der Waals surface area contributed by atoms with Gasteiger partial charge in [-0.25, -0.2) is 4.79 Å². The Kier molecular flexibility index (Phi) is 5.44. The Morgan fingerprint density at radius 2 is 1.90 bits per heavy atom. The summed E-state index contributed by atoms with van der Waals surface area (Å²) in [6.45, 7) is 0.704. The Balaban J connectivity index is 1.59. The molecule has 1 fully saturated rings. The average Bonchev–Trinajstić information content (AvgIpc) is 2.88. The predicted octanol–water partition coefficient (Wildman–Crippen LogP) is 2.29. The summed E-state index contributed by atoms with van der Waals surface area (Å²) >= 11 is 0. The third-order valence-corrected chi connectivity index (χ3v) is 4.28. The molecular weight excluding hydrogens is 256 g/mol. The van der Waals surface area contributed by atoms with Crippen molar-refractivity contribution in [2.75, 3.05) is 6.54 Å². The molecule has 2 unspecified atom stereocenters. The van der Waals surface area contributed by atoms with Crippen molar-refractivity contribution in [3.05, 3.63) is 12.2 Å². The molecule has 0 heterocycles. The van der Waals surface area contributed by atoms with Crippen LogP contribution >= 0.6 is 0 Å². The largest absolute Gasteiger partial charge is 0.481 e. The molecule has 5 nitrogen and oxygen atoms in total. The van der Waals surface area contributed by atoms with E-state index in [0.29, 0.717) is 13.0 Å². The third-order valence-electron chi connectivity index (χ3n) is 4.28. The number of aliphatic carboxylic acids is 1. The van der Waals surface area contributed by atoms with Gasteiger partial charge >= 0.3 is 12.0 Å². The van der Waals surface area contributed by atoms with Gasteiger partial charge < -0.3 is 15.7 Å². The van der Waals surface area contributed by atoms with Gasteiger partial charge in [-0.15, -0.1) is 0 Å². The first-order valence-electron chi connectivity index (χ1n) is 7.60. The van der Waals surface area contributed by atoms with Crippen LogP contribution in [-0.4, -0.2) is 29.7 Å². The fourth-order valence-corrected chi connectivity index (χ4v) is 3.07. The molecule has 2 rings (SSSR count). The van der Waals surface area contributed by atoms with Gasteiger partial charge in [0.25, 0.3) is 0 Å². The van der Waals surface area contributed by atoms with Crippen LogP contribution in [0.15, 0.2) is 12.2 Å². The van der Waals surface area contributed by atoms with Crippen molar-refractivity contribution < 1.29 is 14.7 Å². The van der Waals surface area contributed by atoms with E-state index in [-0.39, 0.29) is 12.1 Å². The number of carboxylic acid groups (broad SMARTS) is 1. The lowest BCUT2D eigenvalue weighted by molar-refractivity contribution is -0.140. The van der Waals surface area contributed by atoms with Gasteiger partial charge in [-0.2, -0.15) is 0 Å². The molecule has 0 spiro atoms. The van der Waals surface area contributed by atoms with Gasteiger partial charge in [0.2, 0.25) is 0 Å². The van der Waals surface area contributed by atoms with Crippen molar-refractivity contribution in [1.29, 1.82) is 0 Å². The molecule has 2 aliphatic carbocycles. The van der Waals surface area contributed by atoms with E-state index in [1.807, 2.05) is 0 Å². The van der Waals surface area contributed by atoms with E-state index in [1.54, 1.807) is 12.2 Å². The summed E-state index contributed by atoms with van der Waals surface area (Å²) in [5, 5.41) is 14.5. The van der Waals surface area contributed by atoms with E-state index in [4.69, 9.17) is 5.11 Å². The van der Waals surface area contributed by atoms with E-state index in [2.05, 4.69) is 10.6 Å². The average molecular weight is 280 g/mol. The minimum atomic E-state index is -0.830. The number of carboxylic acids is 1. The van der Waals surface area contributed by atoms with Gasteiger partial charge in [0, 0.05) is 6.54 Å². The molecule has 112 valence electrons. The minimum Gasteiger partial charge on any atom is -0.481 e. The molecule has 0 saturated heterocycles. The van der Waals surface area contributed by atoms with Crippen LogP contribution in [0.3, 0.4) is 0 Å². The van der Waals surface area contributed by atoms with Gasteiger partial charge in [0.05, 0.1) is 12.0 Å². The summed E-state index contributed by atoms with van der Waals surface area (Å²) in [5.74, 6) is -0.544. The number of hydrogen-bond donors (Lipinski definition) is 3. The smallest absolute Gasteiger partial charge is 0.315 e. The molecule has 0 aromatic carbocycles. The molecule has 3 N–H and O–H groups in total. The fraction of sp³-hybridized carbons (Fsp3) is 0.733. The van der Waals surface area contributed by atoms with Crippen molar-refractivity contribution in [2.24, 2.45) is 11.8 Å². The molecule has 2 atom stereocenters. The van der Waals surface area contributed by atoms with E-state index in [0.717, 1.165) is 12.3 Å². The van der Waals surface area contributed by atoms with E-state index in [9.17, 15) is 9.59 Å². The molecule has 2 aliphatic rings. The Morgan fingerprint density at radius 3 is 2.55 bits per heavy atom. The summed E-state index contributed by atoms with van der Waals surface area (Å²) in [6, 6.07) is -0.354. The quantitative estimate of drug-likeness (QED) is 0.676. The molecule has 0 aliphatic heterocycles. The maximum atomic E-state index is 11.7. The minimum absolute atomic E-state index is 0.161. The molecule has 0 aromatic rings. The zero-order valence-corrected chi connectivity index (χ0v) is 11.8. The molecule has 0 radical (unpaired) electrons. The van der Waals surface area contributed by atoms with Crippen molar-refractivity contribution in [1.82, 2.24) is 10.6 Å². The number of urea groups is 1. The molecule has 1 saturated carbocycles. The Hall–Kier alpha value is -1.52. The highest BCUT2D eigenvalue weighted by molar-refractivity contribution is 5.76. The van der Waals surface area contributed by atoms with Crippen molar-refractivity contribution in [2.45, 2.75) is 51.0 Å². The molecule has 0 aromatic heterocycles. The Bertz CT molecular complexity index is 375. The lowest BCUT2D eigenvalue weighted by Crippen LogP contribution is -2.41. The number of carbonyl (C=O) groups is 2. The number of carbonyl (C=O) groups excluding carboxylic acids is 1. The standard InChI is InChI=1S/C15H24N2O3/c18-14(19)12-6-7-13(10-12)17-15(20)16-9-8-11-4-2-1-3-5-11/h6-7,11-13H,1-5,8-10H2,(H,18,19)(H2,16,17,20). The third kappa shape index (κ3) is 4.54. The van der Waals surface area contributed by atoms with Gasteiger partial charge in [-0.05, 0) is 18.8 Å². The van der Waals surface area contributed by atoms with Crippen molar-refractivity contribution >= 4 is 12.0 Å². The first kappa shape index (κ1) is 14.9. The highest BCUT2D eigenvalue weighted by atomic mass is 16.4. The van der Waals surface area contributed by atoms with Crippen molar-refractivity contribution in [3.8, 4) is 0 Å². The fourth-order valence-electron chi connectivity index (χ4n) is 3.07. The normalized spacial score (nSPS) is 26.4. The maximum Gasteiger partial charge on any atom is 0.315 e. The molecular formula is C15H24N2O3. The molecule has 2 amide bonds. The van der Waals surface area contributed by atoms with Crippen LogP contribution < -0.4 is 10.6 Å². The summed E-state index contributed by atoms with van der Waals surface area (Å²) in [6.07, 6.45) is 11.5. The number of amides is 2. The van der Waals surface area contributed by atoms with Gasteiger partial charge in [-0.1, -0.05) is 44.3 Å². The first-order valence-corrected chi connectivity index (χ1v) is 7.60.